The van der Waals surface area contributed by atoms with Gasteiger partial charge in [-0.25, -0.2) is 4.68 Å². The smallest absolute Gasteiger partial charge is 0.410 e. The van der Waals surface area contributed by atoms with Crippen LogP contribution in [0, 0.1) is 0 Å². The number of amides is 1. The molecule has 2 atom stereocenters. The average Bonchev–Trinajstić information content (AvgIpc) is 3.16. The molecule has 2 aromatic rings. The molecule has 29 heavy (non-hydrogen) atoms. The molecule has 0 saturated carbocycles. The molecule has 0 spiro atoms. The van der Waals surface area contributed by atoms with Crippen molar-refractivity contribution in [1.29, 1.82) is 0 Å². The second-order valence-corrected chi connectivity index (χ2v) is 8.25. The standard InChI is InChI=1S/C19H21F3N4O2S/c1-28-13-4-2-12(3-5-13)14-10-16(19(20,21)22)26-17(23-14)11-15(24-26)18(27)25-6-8-29-9-7-25/h2-5,11,14,16,23H,6-10H2,1H3/t14-,16-/m1/s1. The van der Waals surface area contributed by atoms with Crippen molar-refractivity contribution in [3.05, 3.63) is 41.6 Å². The zero-order valence-corrected chi connectivity index (χ0v) is 16.6. The van der Waals surface area contributed by atoms with E-state index in [0.717, 1.165) is 16.2 Å². The molecule has 0 radical (unpaired) electrons. The van der Waals surface area contributed by atoms with Gasteiger partial charge in [0.2, 0.25) is 0 Å². The SMILES string of the molecule is COc1ccc([C@H]2C[C@H](C(F)(F)F)n3nc(C(=O)N4CCSCC4)cc3N2)cc1. The van der Waals surface area contributed by atoms with Gasteiger partial charge in [0, 0.05) is 37.1 Å². The summed E-state index contributed by atoms with van der Waals surface area (Å²) in [7, 11) is 1.53. The Bertz CT molecular complexity index is 879. The van der Waals surface area contributed by atoms with Gasteiger partial charge >= 0.3 is 6.18 Å². The second kappa shape index (κ2) is 7.81. The predicted molar refractivity (Wildman–Crippen MR) is 105 cm³/mol. The summed E-state index contributed by atoms with van der Waals surface area (Å²) in [5, 5.41) is 7.16. The van der Waals surface area contributed by atoms with E-state index in [1.54, 1.807) is 40.9 Å². The van der Waals surface area contributed by atoms with Gasteiger partial charge in [-0.2, -0.15) is 30.0 Å². The summed E-state index contributed by atoms with van der Waals surface area (Å²) < 4.78 is 47.4. The van der Waals surface area contributed by atoms with Crippen molar-refractivity contribution >= 4 is 23.5 Å². The normalized spacial score (nSPS) is 22.0. The van der Waals surface area contributed by atoms with Crippen molar-refractivity contribution in [2.45, 2.75) is 24.7 Å². The number of hydrogen-bond acceptors (Lipinski definition) is 5. The zero-order valence-electron chi connectivity index (χ0n) is 15.8. The zero-order chi connectivity index (χ0) is 20.6. The molecule has 2 aliphatic heterocycles. The molecule has 6 nitrogen and oxygen atoms in total. The third-order valence-corrected chi connectivity index (χ3v) is 6.17. The minimum absolute atomic E-state index is 0.0454. The fourth-order valence-corrected chi connectivity index (χ4v) is 4.56. The number of nitrogens with zero attached hydrogens (tertiary/aromatic N) is 3. The van der Waals surface area contributed by atoms with Gasteiger partial charge in [0.15, 0.2) is 11.7 Å². The molecular weight excluding hydrogens is 405 g/mol. The maximum Gasteiger partial charge on any atom is 0.410 e. The minimum Gasteiger partial charge on any atom is -0.497 e. The van der Waals surface area contributed by atoms with Gasteiger partial charge in [0.25, 0.3) is 5.91 Å². The molecule has 1 fully saturated rings. The van der Waals surface area contributed by atoms with Gasteiger partial charge < -0.3 is 15.0 Å². The largest absolute Gasteiger partial charge is 0.497 e. The van der Waals surface area contributed by atoms with Gasteiger partial charge in [-0.05, 0) is 17.7 Å². The van der Waals surface area contributed by atoms with E-state index in [9.17, 15) is 18.0 Å². The first kappa shape index (κ1) is 19.9. The summed E-state index contributed by atoms with van der Waals surface area (Å²) in [5.41, 5.74) is 0.762. The molecule has 156 valence electrons. The highest BCUT2D eigenvalue weighted by Crippen LogP contribution is 2.43. The van der Waals surface area contributed by atoms with E-state index >= 15 is 0 Å². The number of thioether (sulfide) groups is 1. The van der Waals surface area contributed by atoms with Crippen LogP contribution in [0.4, 0.5) is 19.0 Å². The number of nitrogens with one attached hydrogen (secondary N) is 1. The van der Waals surface area contributed by atoms with Crippen molar-refractivity contribution < 1.29 is 22.7 Å². The molecule has 1 N–H and O–H groups in total. The fourth-order valence-electron chi connectivity index (χ4n) is 3.66. The van der Waals surface area contributed by atoms with E-state index < -0.39 is 18.3 Å². The predicted octanol–water partition coefficient (Wildman–Crippen LogP) is 3.74. The summed E-state index contributed by atoms with van der Waals surface area (Å²) in [6, 6.07) is 6.00. The third kappa shape index (κ3) is 4.03. The molecular formula is C19H21F3N4O2S. The maximum atomic E-state index is 13.8. The lowest BCUT2D eigenvalue weighted by Crippen LogP contribution is -2.38. The van der Waals surface area contributed by atoms with Crippen LogP contribution in [-0.4, -0.2) is 58.5 Å². The van der Waals surface area contributed by atoms with E-state index in [4.69, 9.17) is 4.74 Å². The summed E-state index contributed by atoms with van der Waals surface area (Å²) in [4.78, 5) is 14.4. The fraction of sp³-hybridized carbons (Fsp3) is 0.474. The number of halogens is 3. The van der Waals surface area contributed by atoms with Crippen molar-refractivity contribution in [1.82, 2.24) is 14.7 Å². The molecule has 0 unspecified atom stereocenters. The number of hydrogen-bond donors (Lipinski definition) is 1. The number of anilines is 1. The van der Waals surface area contributed by atoms with E-state index in [0.29, 0.717) is 24.4 Å². The molecule has 1 saturated heterocycles. The molecule has 4 rings (SSSR count). The Kier molecular flexibility index (Phi) is 5.37. The van der Waals surface area contributed by atoms with Crippen LogP contribution in [0.2, 0.25) is 0 Å². The van der Waals surface area contributed by atoms with E-state index in [1.165, 1.54) is 13.2 Å². The topological polar surface area (TPSA) is 59.4 Å². The lowest BCUT2D eigenvalue weighted by atomic mass is 9.97. The van der Waals surface area contributed by atoms with Crippen LogP contribution in [0.1, 0.15) is 34.6 Å². The minimum atomic E-state index is -4.48. The summed E-state index contributed by atoms with van der Waals surface area (Å²) in [6.07, 6.45) is -4.69. The number of ether oxygens (including phenoxy) is 1. The average molecular weight is 426 g/mol. The number of aromatic nitrogens is 2. The van der Waals surface area contributed by atoms with Crippen LogP contribution >= 0.6 is 11.8 Å². The Morgan fingerprint density at radius 2 is 1.93 bits per heavy atom. The first-order valence-corrected chi connectivity index (χ1v) is 10.5. The lowest BCUT2D eigenvalue weighted by molar-refractivity contribution is -0.173. The van der Waals surface area contributed by atoms with Crippen molar-refractivity contribution in [3.8, 4) is 5.75 Å². The second-order valence-electron chi connectivity index (χ2n) is 7.03. The highest BCUT2D eigenvalue weighted by atomic mass is 32.2. The molecule has 1 aromatic heterocycles. The Hall–Kier alpha value is -2.36. The van der Waals surface area contributed by atoms with Gasteiger partial charge in [-0.15, -0.1) is 0 Å². The van der Waals surface area contributed by atoms with Gasteiger partial charge in [0.1, 0.15) is 11.6 Å². The third-order valence-electron chi connectivity index (χ3n) is 5.23. The lowest BCUT2D eigenvalue weighted by Gasteiger charge is -2.33. The Morgan fingerprint density at radius 3 is 2.55 bits per heavy atom. The summed E-state index contributed by atoms with van der Waals surface area (Å²) in [5.74, 6) is 2.16. The molecule has 1 aromatic carbocycles. The first-order chi connectivity index (χ1) is 13.9. The Morgan fingerprint density at radius 1 is 1.24 bits per heavy atom. The maximum absolute atomic E-state index is 13.8. The molecule has 0 aliphatic carbocycles. The Balaban J connectivity index is 1.64. The first-order valence-electron chi connectivity index (χ1n) is 9.30. The van der Waals surface area contributed by atoms with Gasteiger partial charge in [0.05, 0.1) is 13.2 Å². The number of benzene rings is 1. The van der Waals surface area contributed by atoms with Gasteiger partial charge in [-0.1, -0.05) is 12.1 Å². The summed E-state index contributed by atoms with van der Waals surface area (Å²) in [6.45, 7) is 1.16. The molecule has 10 heteroatoms. The molecule has 1 amide bonds. The number of rotatable bonds is 3. The molecule has 0 bridgehead atoms. The number of carbonyl (C=O) groups excluding carboxylic acids is 1. The highest BCUT2D eigenvalue weighted by molar-refractivity contribution is 7.99. The van der Waals surface area contributed by atoms with Crippen LogP contribution in [-0.2, 0) is 0 Å². The van der Waals surface area contributed by atoms with Crippen LogP contribution in [0.15, 0.2) is 30.3 Å². The van der Waals surface area contributed by atoms with E-state index in [-0.39, 0.29) is 23.8 Å². The quantitative estimate of drug-likeness (QED) is 0.810. The number of fused-ring (bicyclic) bond motifs is 1. The van der Waals surface area contributed by atoms with Crippen LogP contribution < -0.4 is 10.1 Å². The molecule has 3 heterocycles. The van der Waals surface area contributed by atoms with Crippen LogP contribution in [0.5, 0.6) is 5.75 Å². The number of carbonyl (C=O) groups is 1. The number of methoxy groups -OCH3 is 1. The van der Waals surface area contributed by atoms with E-state index in [1.807, 2.05) is 0 Å². The van der Waals surface area contributed by atoms with Crippen molar-refractivity contribution in [2.75, 3.05) is 37.0 Å². The highest BCUT2D eigenvalue weighted by Gasteiger charge is 2.47. The monoisotopic (exact) mass is 426 g/mol. The van der Waals surface area contributed by atoms with E-state index in [2.05, 4.69) is 10.4 Å². The van der Waals surface area contributed by atoms with Crippen LogP contribution in [0.3, 0.4) is 0 Å². The van der Waals surface area contributed by atoms with Gasteiger partial charge in [-0.3, -0.25) is 4.79 Å². The van der Waals surface area contributed by atoms with Crippen molar-refractivity contribution in [3.63, 3.8) is 0 Å². The van der Waals surface area contributed by atoms with Crippen LogP contribution in [0.25, 0.3) is 0 Å². The molecule has 2 aliphatic rings. The Labute approximate surface area is 170 Å². The number of alkyl halides is 3. The van der Waals surface area contributed by atoms with Crippen molar-refractivity contribution in [2.24, 2.45) is 0 Å². The summed E-state index contributed by atoms with van der Waals surface area (Å²) >= 11 is 1.75.